The molecule has 0 amide bonds. The van der Waals surface area contributed by atoms with Crippen LogP contribution < -0.4 is 10.7 Å². The average molecular weight is 140 g/mol. The van der Waals surface area contributed by atoms with E-state index in [9.17, 15) is 8.42 Å². The molecule has 0 radical (unpaired) electrons. The van der Waals surface area contributed by atoms with Gasteiger partial charge in [0.25, 0.3) is 0 Å². The van der Waals surface area contributed by atoms with Crippen LogP contribution in [0.1, 0.15) is 6.92 Å². The minimum absolute atomic E-state index is 0.0898. The highest BCUT2D eigenvalue weighted by Crippen LogP contribution is 1.80. The second-order valence-corrected chi connectivity index (χ2v) is 2.36. The van der Waals surface area contributed by atoms with Gasteiger partial charge in [0, 0.05) is 0 Å². The number of hydrazine groups is 1. The molecule has 0 bridgehead atoms. The van der Waals surface area contributed by atoms with Crippen LogP contribution in [0.15, 0.2) is 0 Å². The molecule has 0 aliphatic carbocycles. The molecule has 0 saturated carbocycles. The fourth-order valence-electron chi connectivity index (χ4n) is 0.189. The van der Waals surface area contributed by atoms with E-state index in [0.717, 1.165) is 0 Å². The highest BCUT2D eigenvalue weighted by Gasteiger charge is 2.02. The average Bonchev–Trinajstić information content (AvgIpc) is 1.67. The van der Waals surface area contributed by atoms with Crippen molar-refractivity contribution in [3.63, 3.8) is 0 Å². The standard InChI is InChI=1S/C2H8N2O3S/c1-2-7-8(5,6)4-3/h4H,2-3H2,1H3. The Hall–Kier alpha value is -0.170. The summed E-state index contributed by atoms with van der Waals surface area (Å²) in [5, 5.41) is 0. The van der Waals surface area contributed by atoms with E-state index in [1.54, 1.807) is 6.92 Å². The van der Waals surface area contributed by atoms with Crippen LogP contribution in [0.4, 0.5) is 0 Å². The smallest absolute Gasteiger partial charge is 0.257 e. The molecule has 0 unspecified atom stereocenters. The van der Waals surface area contributed by atoms with E-state index in [2.05, 4.69) is 10.0 Å². The van der Waals surface area contributed by atoms with Gasteiger partial charge in [-0.3, -0.25) is 10.0 Å². The first-order valence-corrected chi connectivity index (χ1v) is 3.40. The summed E-state index contributed by atoms with van der Waals surface area (Å²) < 4.78 is 24.4. The fraction of sp³-hybridized carbons (Fsp3) is 1.00. The van der Waals surface area contributed by atoms with Crippen molar-refractivity contribution in [1.82, 2.24) is 4.83 Å². The van der Waals surface area contributed by atoms with Crippen molar-refractivity contribution in [3.05, 3.63) is 0 Å². The van der Waals surface area contributed by atoms with Crippen molar-refractivity contribution < 1.29 is 12.6 Å². The zero-order valence-electron chi connectivity index (χ0n) is 4.42. The molecule has 0 heterocycles. The SMILES string of the molecule is CCOS(=O)(=O)NN. The van der Waals surface area contributed by atoms with Crippen molar-refractivity contribution in [2.45, 2.75) is 6.92 Å². The van der Waals surface area contributed by atoms with Crippen molar-refractivity contribution >= 4 is 10.3 Å². The molecular weight excluding hydrogens is 132 g/mol. The second-order valence-electron chi connectivity index (χ2n) is 0.979. The predicted octanol–water partition coefficient (Wildman–Crippen LogP) is -1.27. The normalized spacial score (nSPS) is 11.8. The van der Waals surface area contributed by atoms with Crippen molar-refractivity contribution in [2.75, 3.05) is 6.61 Å². The number of nitrogens with one attached hydrogen (secondary N) is 1. The number of hydrogen-bond donors (Lipinski definition) is 2. The molecule has 0 fully saturated rings. The first-order chi connectivity index (χ1) is 3.62. The maximum absolute atomic E-state index is 10.1. The van der Waals surface area contributed by atoms with E-state index in [0.29, 0.717) is 0 Å². The topological polar surface area (TPSA) is 81.4 Å². The maximum Gasteiger partial charge on any atom is 0.348 e. The molecular formula is C2H8N2O3S. The second kappa shape index (κ2) is 2.98. The third-order valence-corrected chi connectivity index (χ3v) is 1.25. The Morgan fingerprint density at radius 1 is 1.75 bits per heavy atom. The number of rotatable bonds is 3. The van der Waals surface area contributed by atoms with Crippen LogP contribution in [0.25, 0.3) is 0 Å². The minimum atomic E-state index is -3.64. The largest absolute Gasteiger partial charge is 0.348 e. The fourth-order valence-corrected chi connectivity index (χ4v) is 0.568. The lowest BCUT2D eigenvalue weighted by molar-refractivity contribution is 0.330. The summed E-state index contributed by atoms with van der Waals surface area (Å²) in [6.07, 6.45) is 0. The van der Waals surface area contributed by atoms with Gasteiger partial charge in [-0.05, 0) is 6.92 Å². The van der Waals surface area contributed by atoms with Crippen LogP contribution in [0.3, 0.4) is 0 Å². The maximum atomic E-state index is 10.1. The molecule has 0 rings (SSSR count). The van der Waals surface area contributed by atoms with E-state index < -0.39 is 10.3 Å². The molecule has 0 aromatic heterocycles. The van der Waals surface area contributed by atoms with Gasteiger partial charge in [-0.15, -0.1) is 4.83 Å². The van der Waals surface area contributed by atoms with Gasteiger partial charge >= 0.3 is 10.3 Å². The van der Waals surface area contributed by atoms with Gasteiger partial charge in [-0.1, -0.05) is 0 Å². The lowest BCUT2D eigenvalue weighted by atomic mass is 10.9. The van der Waals surface area contributed by atoms with Crippen LogP contribution in [0, 0.1) is 0 Å². The lowest BCUT2D eigenvalue weighted by Crippen LogP contribution is -2.31. The highest BCUT2D eigenvalue weighted by molar-refractivity contribution is 7.84. The van der Waals surface area contributed by atoms with Crippen molar-refractivity contribution in [2.24, 2.45) is 5.84 Å². The van der Waals surface area contributed by atoms with Crippen molar-refractivity contribution in [3.8, 4) is 0 Å². The molecule has 50 valence electrons. The summed E-state index contributed by atoms with van der Waals surface area (Å²) in [6.45, 7) is 1.64. The summed E-state index contributed by atoms with van der Waals surface area (Å²) in [6, 6.07) is 0. The quantitative estimate of drug-likeness (QED) is 0.378. The molecule has 5 nitrogen and oxygen atoms in total. The van der Waals surface area contributed by atoms with Gasteiger partial charge < -0.3 is 0 Å². The van der Waals surface area contributed by atoms with Gasteiger partial charge in [0.2, 0.25) is 0 Å². The third-order valence-electron chi connectivity index (χ3n) is 0.417. The summed E-state index contributed by atoms with van der Waals surface area (Å²) >= 11 is 0. The van der Waals surface area contributed by atoms with E-state index in [1.165, 1.54) is 4.83 Å². The molecule has 6 heteroatoms. The first kappa shape index (κ1) is 7.83. The molecule has 0 aliphatic rings. The van der Waals surface area contributed by atoms with Crippen LogP contribution in [-0.4, -0.2) is 15.0 Å². The minimum Gasteiger partial charge on any atom is -0.257 e. The molecule has 8 heavy (non-hydrogen) atoms. The van der Waals surface area contributed by atoms with Gasteiger partial charge in [-0.25, -0.2) is 0 Å². The van der Waals surface area contributed by atoms with Crippen molar-refractivity contribution in [1.29, 1.82) is 0 Å². The Balaban J connectivity index is 3.76. The summed E-state index contributed by atoms with van der Waals surface area (Å²) in [4.78, 5) is 1.49. The molecule has 0 aromatic rings. The lowest BCUT2D eigenvalue weighted by Gasteiger charge is -1.96. The molecule has 0 aromatic carbocycles. The van der Waals surface area contributed by atoms with E-state index in [1.807, 2.05) is 0 Å². The van der Waals surface area contributed by atoms with E-state index >= 15 is 0 Å². The van der Waals surface area contributed by atoms with Crippen LogP contribution >= 0.6 is 0 Å². The molecule has 0 aliphatic heterocycles. The predicted molar refractivity (Wildman–Crippen MR) is 27.9 cm³/mol. The Labute approximate surface area is 48.0 Å². The van der Waals surface area contributed by atoms with Gasteiger partial charge in [0.1, 0.15) is 0 Å². The number of hydrogen-bond acceptors (Lipinski definition) is 4. The Bertz CT molecular complexity index is 139. The Kier molecular flexibility index (Phi) is 2.91. The monoisotopic (exact) mass is 140 g/mol. The first-order valence-electron chi connectivity index (χ1n) is 1.99. The molecule has 0 saturated heterocycles. The summed E-state index contributed by atoms with van der Waals surface area (Å²) in [5.74, 6) is 4.53. The van der Waals surface area contributed by atoms with Gasteiger partial charge in [0.05, 0.1) is 6.61 Å². The van der Waals surface area contributed by atoms with E-state index in [-0.39, 0.29) is 6.61 Å². The Morgan fingerprint density at radius 2 is 2.25 bits per heavy atom. The van der Waals surface area contributed by atoms with Gasteiger partial charge in [-0.2, -0.15) is 8.42 Å². The molecule has 0 spiro atoms. The highest BCUT2D eigenvalue weighted by atomic mass is 32.2. The summed E-state index contributed by atoms with van der Waals surface area (Å²) in [7, 11) is -3.64. The number of nitrogens with two attached hydrogens (primary N) is 1. The van der Waals surface area contributed by atoms with Crippen LogP contribution in [0.2, 0.25) is 0 Å². The Morgan fingerprint density at radius 3 is 2.38 bits per heavy atom. The molecule has 0 atom stereocenters. The zero-order valence-corrected chi connectivity index (χ0v) is 5.23. The van der Waals surface area contributed by atoms with Crippen LogP contribution in [-0.2, 0) is 14.5 Å². The van der Waals surface area contributed by atoms with Crippen LogP contribution in [0.5, 0.6) is 0 Å². The summed E-state index contributed by atoms with van der Waals surface area (Å²) in [5.41, 5.74) is 0. The molecule has 3 N–H and O–H groups in total. The zero-order chi connectivity index (χ0) is 6.62. The van der Waals surface area contributed by atoms with E-state index in [4.69, 9.17) is 0 Å². The van der Waals surface area contributed by atoms with Gasteiger partial charge in [0.15, 0.2) is 0 Å². The third kappa shape index (κ3) is 2.92.